The first kappa shape index (κ1) is 7.91. The van der Waals surface area contributed by atoms with Crippen molar-refractivity contribution in [2.75, 3.05) is 0 Å². The van der Waals surface area contributed by atoms with Crippen molar-refractivity contribution in [3.8, 4) is 5.75 Å². The molecular formula is C7H4F3O. The molecule has 1 rings (SSSR count). The summed E-state index contributed by atoms with van der Waals surface area (Å²) in [7, 11) is 2.86. The largest absolute Gasteiger partial charge is 0.487 e. The van der Waals surface area contributed by atoms with E-state index in [0.29, 0.717) is 0 Å². The van der Waals surface area contributed by atoms with Crippen molar-refractivity contribution in [1.82, 2.24) is 0 Å². The van der Waals surface area contributed by atoms with E-state index in [9.17, 15) is 13.2 Å². The van der Waals surface area contributed by atoms with Crippen molar-refractivity contribution in [3.05, 3.63) is 36.7 Å². The lowest BCUT2D eigenvalue weighted by Gasteiger charge is -2.00. The molecule has 0 aromatic heterocycles. The Kier molecular flexibility index (Phi) is 2.03. The third-order valence-electron chi connectivity index (χ3n) is 1.16. The van der Waals surface area contributed by atoms with Gasteiger partial charge in [-0.25, -0.2) is 8.78 Å². The summed E-state index contributed by atoms with van der Waals surface area (Å²) in [6, 6.07) is 1.72. The highest BCUT2D eigenvalue weighted by atomic mass is 19.2. The first-order chi connectivity index (χ1) is 5.16. The Hall–Kier alpha value is -1.19. The minimum atomic E-state index is -1.55. The van der Waals surface area contributed by atoms with Crippen molar-refractivity contribution in [2.45, 2.75) is 0 Å². The van der Waals surface area contributed by atoms with E-state index in [1.54, 1.807) is 0 Å². The molecule has 59 valence electrons. The number of benzene rings is 1. The minimum absolute atomic E-state index is 0.413. The normalized spacial score (nSPS) is 9.82. The smallest absolute Gasteiger partial charge is 0.203 e. The molecule has 0 aliphatic heterocycles. The van der Waals surface area contributed by atoms with E-state index >= 15 is 0 Å². The highest BCUT2D eigenvalue weighted by molar-refractivity contribution is 5.26. The highest BCUT2D eigenvalue weighted by Gasteiger charge is 2.12. The summed E-state index contributed by atoms with van der Waals surface area (Å²) >= 11 is 0. The number of rotatable bonds is 1. The van der Waals surface area contributed by atoms with Crippen molar-refractivity contribution in [3.63, 3.8) is 0 Å². The molecule has 0 bridgehead atoms. The predicted octanol–water partition coefficient (Wildman–Crippen LogP) is 2.27. The zero-order chi connectivity index (χ0) is 8.43. The third kappa shape index (κ3) is 1.29. The maximum Gasteiger partial charge on any atom is 0.203 e. The van der Waals surface area contributed by atoms with Gasteiger partial charge in [0.2, 0.25) is 5.82 Å². The van der Waals surface area contributed by atoms with Crippen LogP contribution in [0.25, 0.3) is 0 Å². The second-order valence-electron chi connectivity index (χ2n) is 1.82. The molecule has 1 aromatic rings. The van der Waals surface area contributed by atoms with Gasteiger partial charge in [0.1, 0.15) is 7.11 Å². The molecule has 4 heteroatoms. The average Bonchev–Trinajstić information content (AvgIpc) is 2.01. The zero-order valence-corrected chi connectivity index (χ0v) is 5.40. The number of hydrogen-bond acceptors (Lipinski definition) is 1. The van der Waals surface area contributed by atoms with Crippen LogP contribution < -0.4 is 4.74 Å². The summed E-state index contributed by atoms with van der Waals surface area (Å²) in [4.78, 5) is 0. The number of hydrogen-bond donors (Lipinski definition) is 0. The van der Waals surface area contributed by atoms with Crippen molar-refractivity contribution in [2.24, 2.45) is 0 Å². The van der Waals surface area contributed by atoms with Crippen LogP contribution in [0.5, 0.6) is 5.75 Å². The fourth-order valence-corrected chi connectivity index (χ4v) is 0.620. The maximum atomic E-state index is 12.5. The van der Waals surface area contributed by atoms with E-state index in [2.05, 4.69) is 11.8 Å². The fourth-order valence-electron chi connectivity index (χ4n) is 0.620. The monoisotopic (exact) mass is 161 g/mol. The van der Waals surface area contributed by atoms with Crippen LogP contribution in [0, 0.1) is 24.6 Å². The SMILES string of the molecule is [CH2]Oc1ccc(F)c(F)c1F. The second kappa shape index (κ2) is 2.82. The molecule has 11 heavy (non-hydrogen) atoms. The Morgan fingerprint density at radius 1 is 1.09 bits per heavy atom. The molecule has 0 heterocycles. The molecule has 0 aliphatic rings. The van der Waals surface area contributed by atoms with Crippen LogP contribution in [-0.2, 0) is 0 Å². The second-order valence-corrected chi connectivity index (χ2v) is 1.82. The van der Waals surface area contributed by atoms with Crippen LogP contribution in [-0.4, -0.2) is 0 Å². The molecular weight excluding hydrogens is 157 g/mol. The Morgan fingerprint density at radius 3 is 2.27 bits per heavy atom. The predicted molar refractivity (Wildman–Crippen MR) is 32.3 cm³/mol. The summed E-state index contributed by atoms with van der Waals surface area (Å²) in [6.07, 6.45) is 0. The van der Waals surface area contributed by atoms with Crippen LogP contribution in [0.1, 0.15) is 0 Å². The van der Waals surface area contributed by atoms with E-state index in [4.69, 9.17) is 0 Å². The number of ether oxygens (including phenoxy) is 1. The highest BCUT2D eigenvalue weighted by Crippen LogP contribution is 2.21. The van der Waals surface area contributed by atoms with Gasteiger partial charge in [0.15, 0.2) is 17.4 Å². The quantitative estimate of drug-likeness (QED) is 0.574. The molecule has 0 amide bonds. The molecule has 0 aliphatic carbocycles. The molecule has 0 N–H and O–H groups in total. The molecule has 0 unspecified atom stereocenters. The molecule has 0 fully saturated rings. The molecule has 1 radical (unpaired) electrons. The lowest BCUT2D eigenvalue weighted by molar-refractivity contribution is 0.390. The Morgan fingerprint density at radius 2 is 1.73 bits per heavy atom. The van der Waals surface area contributed by atoms with Gasteiger partial charge >= 0.3 is 0 Å². The van der Waals surface area contributed by atoms with E-state index < -0.39 is 23.2 Å². The van der Waals surface area contributed by atoms with E-state index in [-0.39, 0.29) is 0 Å². The van der Waals surface area contributed by atoms with Crippen molar-refractivity contribution < 1.29 is 17.9 Å². The van der Waals surface area contributed by atoms with Gasteiger partial charge in [-0.15, -0.1) is 0 Å². The number of halogens is 3. The van der Waals surface area contributed by atoms with Gasteiger partial charge in [-0.3, -0.25) is 0 Å². The zero-order valence-electron chi connectivity index (χ0n) is 5.40. The first-order valence-electron chi connectivity index (χ1n) is 2.72. The molecule has 0 spiro atoms. The lowest BCUT2D eigenvalue weighted by atomic mass is 10.3. The molecule has 0 saturated heterocycles. The summed E-state index contributed by atoms with van der Waals surface area (Å²) in [5.41, 5.74) is 0. The van der Waals surface area contributed by atoms with E-state index in [1.165, 1.54) is 0 Å². The van der Waals surface area contributed by atoms with Crippen molar-refractivity contribution in [1.29, 1.82) is 0 Å². The van der Waals surface area contributed by atoms with Gasteiger partial charge in [0.25, 0.3) is 0 Å². The standard InChI is InChI=1S/C7H4F3O/c1-11-5-3-2-4(8)6(9)7(5)10/h2-3H,1H2. The van der Waals surface area contributed by atoms with Crippen LogP contribution in [0.3, 0.4) is 0 Å². The van der Waals surface area contributed by atoms with Gasteiger partial charge in [-0.2, -0.15) is 4.39 Å². The van der Waals surface area contributed by atoms with E-state index in [0.717, 1.165) is 12.1 Å². The summed E-state index contributed by atoms with van der Waals surface area (Å²) < 4.78 is 41.2. The van der Waals surface area contributed by atoms with Gasteiger partial charge in [0.05, 0.1) is 0 Å². The summed E-state index contributed by atoms with van der Waals surface area (Å²) in [5.74, 6) is -4.57. The third-order valence-corrected chi connectivity index (χ3v) is 1.16. The van der Waals surface area contributed by atoms with Crippen LogP contribution in [0.2, 0.25) is 0 Å². The van der Waals surface area contributed by atoms with Crippen LogP contribution in [0.4, 0.5) is 13.2 Å². The molecule has 1 aromatic carbocycles. The Labute approximate surface area is 61.4 Å². The minimum Gasteiger partial charge on any atom is -0.487 e. The summed E-state index contributed by atoms with van der Waals surface area (Å²) in [6.45, 7) is 0. The average molecular weight is 161 g/mol. The summed E-state index contributed by atoms with van der Waals surface area (Å²) in [5, 5.41) is 0. The molecule has 0 saturated carbocycles. The lowest BCUT2D eigenvalue weighted by Crippen LogP contribution is -1.93. The van der Waals surface area contributed by atoms with Crippen LogP contribution in [0.15, 0.2) is 12.1 Å². The van der Waals surface area contributed by atoms with Crippen molar-refractivity contribution >= 4 is 0 Å². The molecule has 0 atom stereocenters. The first-order valence-corrected chi connectivity index (χ1v) is 2.72. The fraction of sp³-hybridized carbons (Fsp3) is 0. The van der Waals surface area contributed by atoms with Gasteiger partial charge in [0, 0.05) is 0 Å². The Bertz CT molecular complexity index is 273. The van der Waals surface area contributed by atoms with Gasteiger partial charge in [-0.1, -0.05) is 0 Å². The topological polar surface area (TPSA) is 9.23 Å². The Balaban J connectivity index is 3.25. The van der Waals surface area contributed by atoms with Gasteiger partial charge in [-0.05, 0) is 12.1 Å². The van der Waals surface area contributed by atoms with Gasteiger partial charge < -0.3 is 4.74 Å². The van der Waals surface area contributed by atoms with Crippen LogP contribution >= 0.6 is 0 Å². The van der Waals surface area contributed by atoms with E-state index in [1.807, 2.05) is 0 Å². The molecule has 1 nitrogen and oxygen atoms in total. The maximum absolute atomic E-state index is 12.5.